The number of carbonyl (C=O) groups is 1. The lowest BCUT2D eigenvalue weighted by Crippen LogP contribution is -2.39. The maximum absolute atomic E-state index is 12.7. The first-order valence-electron chi connectivity index (χ1n) is 10.5. The molecule has 6 nitrogen and oxygen atoms in total. The van der Waals surface area contributed by atoms with Gasteiger partial charge in [0.05, 0.1) is 35.0 Å². The van der Waals surface area contributed by atoms with Gasteiger partial charge in [0.25, 0.3) is 0 Å². The fourth-order valence-corrected chi connectivity index (χ4v) is 5.20. The van der Waals surface area contributed by atoms with Gasteiger partial charge in [-0.3, -0.25) is 9.69 Å². The van der Waals surface area contributed by atoms with Crippen molar-refractivity contribution in [3.8, 4) is 11.5 Å². The lowest BCUT2D eigenvalue weighted by molar-refractivity contribution is -0.117. The van der Waals surface area contributed by atoms with Gasteiger partial charge in [0.1, 0.15) is 0 Å². The minimum absolute atomic E-state index is 0.00515. The maximum Gasteiger partial charge on any atom is 0.238 e. The van der Waals surface area contributed by atoms with E-state index in [0.29, 0.717) is 31.4 Å². The van der Waals surface area contributed by atoms with Gasteiger partial charge >= 0.3 is 0 Å². The highest BCUT2D eigenvalue weighted by molar-refractivity contribution is 7.18. The fourth-order valence-electron chi connectivity index (χ4n) is 4.11. The van der Waals surface area contributed by atoms with Crippen LogP contribution in [0.1, 0.15) is 30.2 Å². The summed E-state index contributed by atoms with van der Waals surface area (Å²) < 4.78 is 12.6. The van der Waals surface area contributed by atoms with Crippen LogP contribution in [0.5, 0.6) is 11.5 Å². The molecule has 1 N–H and O–H groups in total. The van der Waals surface area contributed by atoms with Gasteiger partial charge in [-0.1, -0.05) is 12.1 Å². The van der Waals surface area contributed by atoms with Crippen molar-refractivity contribution >= 4 is 33.1 Å². The van der Waals surface area contributed by atoms with E-state index in [1.165, 1.54) is 9.71 Å². The SMILES string of the molecule is O=C(CN1CCC[C@H](c2nc3ccccc3s2)C1)Nc1ccc2c(c1)OCCCO2. The second-order valence-electron chi connectivity index (χ2n) is 7.85. The summed E-state index contributed by atoms with van der Waals surface area (Å²) in [6, 6.07) is 13.9. The van der Waals surface area contributed by atoms with E-state index in [-0.39, 0.29) is 5.91 Å². The molecular formula is C23H25N3O3S. The Kier molecular flexibility index (Phi) is 5.55. The Hall–Kier alpha value is -2.64. The Morgan fingerprint density at radius 3 is 2.90 bits per heavy atom. The van der Waals surface area contributed by atoms with Crippen LogP contribution in [-0.2, 0) is 4.79 Å². The van der Waals surface area contributed by atoms with Crippen molar-refractivity contribution in [1.82, 2.24) is 9.88 Å². The number of hydrogen-bond acceptors (Lipinski definition) is 6. The van der Waals surface area contributed by atoms with Gasteiger partial charge in [0, 0.05) is 30.6 Å². The number of para-hydroxylation sites is 1. The third kappa shape index (κ3) is 4.27. The lowest BCUT2D eigenvalue weighted by Gasteiger charge is -2.31. The minimum atomic E-state index is -0.00515. The highest BCUT2D eigenvalue weighted by atomic mass is 32.1. The van der Waals surface area contributed by atoms with E-state index in [1.807, 2.05) is 24.3 Å². The van der Waals surface area contributed by atoms with Crippen molar-refractivity contribution in [2.45, 2.75) is 25.2 Å². The number of amides is 1. The number of hydrogen-bond donors (Lipinski definition) is 1. The van der Waals surface area contributed by atoms with E-state index < -0.39 is 0 Å². The fraction of sp³-hybridized carbons (Fsp3) is 0.391. The third-order valence-corrected chi connectivity index (χ3v) is 6.76. The second-order valence-corrected chi connectivity index (χ2v) is 8.92. The van der Waals surface area contributed by atoms with Crippen LogP contribution in [0.15, 0.2) is 42.5 Å². The van der Waals surface area contributed by atoms with Crippen LogP contribution >= 0.6 is 11.3 Å². The smallest absolute Gasteiger partial charge is 0.238 e. The van der Waals surface area contributed by atoms with Crippen LogP contribution in [0.2, 0.25) is 0 Å². The number of rotatable bonds is 4. The highest BCUT2D eigenvalue weighted by Crippen LogP contribution is 2.34. The van der Waals surface area contributed by atoms with Crippen molar-refractivity contribution in [2.24, 2.45) is 0 Å². The first kappa shape index (κ1) is 19.3. The number of nitrogens with zero attached hydrogens (tertiary/aromatic N) is 2. The molecule has 2 aliphatic rings. The quantitative estimate of drug-likeness (QED) is 0.679. The van der Waals surface area contributed by atoms with Gasteiger partial charge in [-0.25, -0.2) is 4.98 Å². The average molecular weight is 424 g/mol. The Labute approximate surface area is 179 Å². The Balaban J connectivity index is 1.21. The van der Waals surface area contributed by atoms with E-state index in [0.717, 1.165) is 49.3 Å². The Morgan fingerprint density at radius 2 is 2.00 bits per heavy atom. The number of fused-ring (bicyclic) bond motifs is 2. The summed E-state index contributed by atoms with van der Waals surface area (Å²) in [7, 11) is 0. The van der Waals surface area contributed by atoms with Crippen LogP contribution in [0.25, 0.3) is 10.2 Å². The number of nitrogens with one attached hydrogen (secondary N) is 1. The highest BCUT2D eigenvalue weighted by Gasteiger charge is 2.25. The zero-order chi connectivity index (χ0) is 20.3. The number of ether oxygens (including phenoxy) is 2. The molecule has 0 unspecified atom stereocenters. The average Bonchev–Trinajstić information content (AvgIpc) is 3.06. The van der Waals surface area contributed by atoms with Crippen molar-refractivity contribution in [2.75, 3.05) is 38.2 Å². The number of carbonyl (C=O) groups excluding carboxylic acids is 1. The molecule has 0 radical (unpaired) electrons. The molecule has 5 rings (SSSR count). The molecule has 2 aliphatic heterocycles. The maximum atomic E-state index is 12.7. The molecule has 1 atom stereocenters. The summed E-state index contributed by atoms with van der Waals surface area (Å²) in [5.41, 5.74) is 1.81. The molecule has 156 valence electrons. The summed E-state index contributed by atoms with van der Waals surface area (Å²) in [6.45, 7) is 3.48. The van der Waals surface area contributed by atoms with Crippen LogP contribution < -0.4 is 14.8 Å². The van der Waals surface area contributed by atoms with E-state index in [9.17, 15) is 4.79 Å². The Bertz CT molecular complexity index is 1020. The largest absolute Gasteiger partial charge is 0.490 e. The summed E-state index contributed by atoms with van der Waals surface area (Å²) in [5.74, 6) is 1.82. The van der Waals surface area contributed by atoms with Crippen molar-refractivity contribution in [1.29, 1.82) is 0 Å². The molecule has 30 heavy (non-hydrogen) atoms. The first-order valence-corrected chi connectivity index (χ1v) is 11.3. The standard InChI is InChI=1S/C23H25N3O3S/c27-22(24-17-8-9-19-20(13-17)29-12-4-11-28-19)15-26-10-3-5-16(14-26)23-25-18-6-1-2-7-21(18)30-23/h1-2,6-9,13,16H,3-5,10-12,14-15H2,(H,24,27)/t16-/m0/s1. The summed E-state index contributed by atoms with van der Waals surface area (Å²) in [6.07, 6.45) is 3.07. The number of aromatic nitrogens is 1. The zero-order valence-electron chi connectivity index (χ0n) is 16.8. The molecule has 0 bridgehead atoms. The van der Waals surface area contributed by atoms with Gasteiger partial charge in [-0.15, -0.1) is 11.3 Å². The van der Waals surface area contributed by atoms with E-state index in [4.69, 9.17) is 14.5 Å². The lowest BCUT2D eigenvalue weighted by atomic mass is 9.99. The molecule has 3 heterocycles. The molecule has 3 aromatic rings. The number of thiazole rings is 1. The summed E-state index contributed by atoms with van der Waals surface area (Å²) in [4.78, 5) is 19.7. The molecule has 1 aromatic heterocycles. The first-order chi connectivity index (χ1) is 14.7. The van der Waals surface area contributed by atoms with Crippen molar-refractivity contribution in [3.05, 3.63) is 47.5 Å². The van der Waals surface area contributed by atoms with Gasteiger partial charge in [0.15, 0.2) is 11.5 Å². The number of likely N-dealkylation sites (tertiary alicyclic amines) is 1. The molecule has 0 saturated carbocycles. The molecule has 2 aromatic carbocycles. The number of anilines is 1. The third-order valence-electron chi connectivity index (χ3n) is 5.56. The molecule has 1 amide bonds. The van der Waals surface area contributed by atoms with Gasteiger partial charge in [-0.05, 0) is 43.7 Å². The topological polar surface area (TPSA) is 63.7 Å². The van der Waals surface area contributed by atoms with Crippen LogP contribution in [0.4, 0.5) is 5.69 Å². The Morgan fingerprint density at radius 1 is 1.13 bits per heavy atom. The van der Waals surface area contributed by atoms with Crippen molar-refractivity contribution < 1.29 is 14.3 Å². The number of piperidine rings is 1. The van der Waals surface area contributed by atoms with E-state index >= 15 is 0 Å². The molecule has 1 fully saturated rings. The zero-order valence-corrected chi connectivity index (χ0v) is 17.6. The van der Waals surface area contributed by atoms with E-state index in [1.54, 1.807) is 11.3 Å². The normalized spacial score (nSPS) is 19.4. The molecule has 0 spiro atoms. The predicted octanol–water partition coefficient (Wildman–Crippen LogP) is 4.28. The molecular weight excluding hydrogens is 398 g/mol. The number of benzene rings is 2. The van der Waals surface area contributed by atoms with E-state index in [2.05, 4.69) is 28.4 Å². The molecule has 7 heteroatoms. The van der Waals surface area contributed by atoms with Gasteiger partial charge < -0.3 is 14.8 Å². The molecule has 1 saturated heterocycles. The van der Waals surface area contributed by atoms with Gasteiger partial charge in [-0.2, -0.15) is 0 Å². The van der Waals surface area contributed by atoms with Crippen LogP contribution in [0, 0.1) is 0 Å². The summed E-state index contributed by atoms with van der Waals surface area (Å²) in [5, 5.41) is 4.19. The van der Waals surface area contributed by atoms with Gasteiger partial charge in [0.2, 0.25) is 5.91 Å². The van der Waals surface area contributed by atoms with Crippen LogP contribution in [-0.4, -0.2) is 48.6 Å². The molecule has 0 aliphatic carbocycles. The predicted molar refractivity (Wildman–Crippen MR) is 119 cm³/mol. The summed E-state index contributed by atoms with van der Waals surface area (Å²) >= 11 is 1.78. The minimum Gasteiger partial charge on any atom is -0.490 e. The van der Waals surface area contributed by atoms with Crippen LogP contribution in [0.3, 0.4) is 0 Å². The monoisotopic (exact) mass is 423 g/mol. The second kappa shape index (κ2) is 8.62. The van der Waals surface area contributed by atoms with Crippen molar-refractivity contribution in [3.63, 3.8) is 0 Å².